The number of nitrogens with zero attached hydrogens (tertiary/aromatic N) is 1. The van der Waals surface area contributed by atoms with E-state index in [9.17, 15) is 8.42 Å². The highest BCUT2D eigenvalue weighted by atomic mass is 32.2. The van der Waals surface area contributed by atoms with Crippen molar-refractivity contribution in [1.82, 2.24) is 0 Å². The van der Waals surface area contributed by atoms with Crippen LogP contribution in [-0.2, 0) is 14.8 Å². The zero-order valence-corrected chi connectivity index (χ0v) is 15.4. The molecule has 4 rings (SSSR count). The zero-order chi connectivity index (χ0) is 18.7. The summed E-state index contributed by atoms with van der Waals surface area (Å²) < 4.78 is 39.0. The van der Waals surface area contributed by atoms with E-state index in [0.29, 0.717) is 30.3 Å². The molecular weight excluding hydrogens is 362 g/mol. The fourth-order valence-corrected chi connectivity index (χ4v) is 4.24. The first-order valence-corrected chi connectivity index (χ1v) is 10.1. The van der Waals surface area contributed by atoms with Gasteiger partial charge in [-0.3, -0.25) is 0 Å². The van der Waals surface area contributed by atoms with Crippen molar-refractivity contribution in [2.45, 2.75) is 11.0 Å². The van der Waals surface area contributed by atoms with Gasteiger partial charge in [0.05, 0.1) is 22.9 Å². The summed E-state index contributed by atoms with van der Waals surface area (Å²) in [5.41, 5.74) is 1.07. The lowest BCUT2D eigenvalue weighted by molar-refractivity contribution is 0.263. The van der Waals surface area contributed by atoms with Crippen molar-refractivity contribution in [2.75, 3.05) is 17.5 Å². The van der Waals surface area contributed by atoms with Gasteiger partial charge in [-0.15, -0.1) is 0 Å². The fourth-order valence-electron chi connectivity index (χ4n) is 2.74. The van der Waals surface area contributed by atoms with E-state index in [1.165, 1.54) is 4.31 Å². The summed E-state index contributed by atoms with van der Waals surface area (Å²) in [5.74, 6) is 0.604. The van der Waals surface area contributed by atoms with Crippen LogP contribution in [0.2, 0.25) is 0 Å². The Morgan fingerprint density at radius 3 is 2.19 bits per heavy atom. The summed E-state index contributed by atoms with van der Waals surface area (Å²) in [7, 11) is -3.79. The van der Waals surface area contributed by atoms with Crippen LogP contribution < -0.4 is 9.04 Å². The average Bonchev–Trinajstić information content (AvgIpc) is 3.53. The van der Waals surface area contributed by atoms with Gasteiger partial charge in [0, 0.05) is 6.07 Å². The lowest BCUT2D eigenvalue weighted by Crippen LogP contribution is -2.26. The molecule has 1 saturated heterocycles. The Morgan fingerprint density at radius 1 is 0.889 bits per heavy atom. The lowest BCUT2D eigenvalue weighted by Gasteiger charge is -2.25. The van der Waals surface area contributed by atoms with Gasteiger partial charge in [-0.1, -0.05) is 42.5 Å². The molecule has 1 aliphatic heterocycles. The van der Waals surface area contributed by atoms with E-state index in [1.807, 2.05) is 24.3 Å². The van der Waals surface area contributed by atoms with Crippen molar-refractivity contribution in [3.05, 3.63) is 84.9 Å². The molecule has 138 valence electrons. The van der Waals surface area contributed by atoms with Gasteiger partial charge in [-0.25, -0.2) is 12.7 Å². The molecule has 0 spiro atoms. The van der Waals surface area contributed by atoms with Crippen LogP contribution in [0.1, 0.15) is 0 Å². The third-order valence-electron chi connectivity index (χ3n) is 4.16. The zero-order valence-electron chi connectivity index (χ0n) is 14.6. The van der Waals surface area contributed by atoms with Crippen LogP contribution in [0.25, 0.3) is 0 Å². The summed E-state index contributed by atoms with van der Waals surface area (Å²) in [6.45, 7) is 1.17. The molecule has 0 aliphatic carbocycles. The number of para-hydroxylation sites is 1. The second-order valence-corrected chi connectivity index (χ2v) is 7.97. The van der Waals surface area contributed by atoms with Crippen LogP contribution in [0.5, 0.6) is 5.75 Å². The van der Waals surface area contributed by atoms with Crippen molar-refractivity contribution in [3.63, 3.8) is 0 Å². The van der Waals surface area contributed by atoms with Crippen molar-refractivity contribution in [1.29, 1.82) is 0 Å². The molecule has 0 bridgehead atoms. The normalized spacial score (nSPS) is 15.9. The van der Waals surface area contributed by atoms with Crippen molar-refractivity contribution >= 4 is 21.4 Å². The van der Waals surface area contributed by atoms with Gasteiger partial charge in [0.1, 0.15) is 18.5 Å². The Labute approximate surface area is 158 Å². The standard InChI is InChI=1S/C21H19NO4S/c23-27(24,21-12-5-2-6-13-21)22(17-8-3-1-4-9-17)18-10-7-11-19(14-18)25-15-20-16-26-20/h1-14,20H,15-16H2. The molecule has 5 nitrogen and oxygen atoms in total. The highest BCUT2D eigenvalue weighted by Gasteiger charge is 2.27. The first kappa shape index (κ1) is 17.6. The molecule has 1 heterocycles. The molecule has 1 fully saturated rings. The van der Waals surface area contributed by atoms with E-state index in [-0.39, 0.29) is 11.0 Å². The Kier molecular flexibility index (Phi) is 4.83. The summed E-state index contributed by atoms with van der Waals surface area (Å²) in [6.07, 6.45) is 0.131. The quantitative estimate of drug-likeness (QED) is 0.581. The minimum absolute atomic E-state index is 0.131. The molecule has 6 heteroatoms. The van der Waals surface area contributed by atoms with Gasteiger partial charge in [-0.05, 0) is 36.4 Å². The number of epoxide rings is 1. The Balaban J connectivity index is 1.76. The summed E-state index contributed by atoms with van der Waals surface area (Å²) in [6, 6.07) is 24.5. The molecule has 1 aliphatic rings. The van der Waals surface area contributed by atoms with E-state index >= 15 is 0 Å². The number of sulfonamides is 1. The maximum Gasteiger partial charge on any atom is 0.268 e. The number of rotatable bonds is 7. The Bertz CT molecular complexity index is 1000. The largest absolute Gasteiger partial charge is 0.491 e. The molecular formula is C21H19NO4S. The second-order valence-electron chi connectivity index (χ2n) is 6.18. The molecule has 1 atom stereocenters. The van der Waals surface area contributed by atoms with Gasteiger partial charge in [0.2, 0.25) is 0 Å². The predicted octanol–water partition coefficient (Wildman–Crippen LogP) is 3.99. The molecule has 1 unspecified atom stereocenters. The SMILES string of the molecule is O=S(=O)(c1ccccc1)N(c1ccccc1)c1cccc(OCC2CO2)c1. The molecule has 3 aromatic rings. The summed E-state index contributed by atoms with van der Waals surface area (Å²) >= 11 is 0. The number of ether oxygens (including phenoxy) is 2. The highest BCUT2D eigenvalue weighted by molar-refractivity contribution is 7.93. The number of hydrogen-bond acceptors (Lipinski definition) is 4. The van der Waals surface area contributed by atoms with Crippen LogP contribution in [0.15, 0.2) is 89.8 Å². The molecule has 27 heavy (non-hydrogen) atoms. The maximum atomic E-state index is 13.4. The van der Waals surface area contributed by atoms with Gasteiger partial charge >= 0.3 is 0 Å². The monoisotopic (exact) mass is 381 g/mol. The van der Waals surface area contributed by atoms with E-state index < -0.39 is 10.0 Å². The Morgan fingerprint density at radius 2 is 1.52 bits per heavy atom. The Hall–Kier alpha value is -2.83. The van der Waals surface area contributed by atoms with E-state index in [0.717, 1.165) is 0 Å². The third kappa shape index (κ3) is 3.97. The molecule has 0 saturated carbocycles. The maximum absolute atomic E-state index is 13.4. The predicted molar refractivity (Wildman–Crippen MR) is 104 cm³/mol. The average molecular weight is 381 g/mol. The number of hydrogen-bond donors (Lipinski definition) is 0. The number of benzene rings is 3. The summed E-state index contributed by atoms with van der Waals surface area (Å²) in [5, 5.41) is 0. The highest BCUT2D eigenvalue weighted by Crippen LogP contribution is 2.34. The third-order valence-corrected chi connectivity index (χ3v) is 5.93. The molecule has 0 N–H and O–H groups in total. The van der Waals surface area contributed by atoms with E-state index in [4.69, 9.17) is 9.47 Å². The molecule has 3 aromatic carbocycles. The van der Waals surface area contributed by atoms with Crippen molar-refractivity contribution in [2.24, 2.45) is 0 Å². The summed E-state index contributed by atoms with van der Waals surface area (Å²) in [4.78, 5) is 0.228. The topological polar surface area (TPSA) is 59.1 Å². The first-order chi connectivity index (χ1) is 13.1. The van der Waals surface area contributed by atoms with Gasteiger partial charge in [0.15, 0.2) is 0 Å². The van der Waals surface area contributed by atoms with Crippen LogP contribution >= 0.6 is 0 Å². The van der Waals surface area contributed by atoms with Crippen LogP contribution in [0.4, 0.5) is 11.4 Å². The fraction of sp³-hybridized carbons (Fsp3) is 0.143. The van der Waals surface area contributed by atoms with E-state index in [1.54, 1.807) is 60.7 Å². The van der Waals surface area contributed by atoms with Crippen molar-refractivity contribution < 1.29 is 17.9 Å². The smallest absolute Gasteiger partial charge is 0.268 e. The molecule has 0 amide bonds. The van der Waals surface area contributed by atoms with Crippen LogP contribution in [0.3, 0.4) is 0 Å². The second kappa shape index (κ2) is 7.42. The number of anilines is 2. The van der Waals surface area contributed by atoms with Crippen molar-refractivity contribution in [3.8, 4) is 5.75 Å². The van der Waals surface area contributed by atoms with Gasteiger partial charge < -0.3 is 9.47 Å². The molecule has 0 aromatic heterocycles. The minimum Gasteiger partial charge on any atom is -0.491 e. The lowest BCUT2D eigenvalue weighted by atomic mass is 10.2. The molecule has 0 radical (unpaired) electrons. The van der Waals surface area contributed by atoms with Gasteiger partial charge in [-0.2, -0.15) is 0 Å². The van der Waals surface area contributed by atoms with Gasteiger partial charge in [0.25, 0.3) is 10.0 Å². The van der Waals surface area contributed by atoms with Crippen LogP contribution in [0, 0.1) is 0 Å². The minimum atomic E-state index is -3.79. The first-order valence-electron chi connectivity index (χ1n) is 8.64. The van der Waals surface area contributed by atoms with Crippen LogP contribution in [-0.4, -0.2) is 27.7 Å². The van der Waals surface area contributed by atoms with E-state index in [2.05, 4.69) is 0 Å².